The van der Waals surface area contributed by atoms with E-state index in [1.807, 2.05) is 12.3 Å². The zero-order valence-corrected chi connectivity index (χ0v) is 13.4. The van der Waals surface area contributed by atoms with Crippen molar-refractivity contribution in [2.45, 2.75) is 19.4 Å². The second-order valence-corrected chi connectivity index (χ2v) is 7.31. The molecule has 22 heavy (non-hydrogen) atoms. The summed E-state index contributed by atoms with van der Waals surface area (Å²) in [7, 11) is 0. The molecule has 0 amide bonds. The van der Waals surface area contributed by atoms with Crippen LogP contribution in [0.1, 0.15) is 18.5 Å². The molecule has 0 aliphatic carbocycles. The maximum atomic E-state index is 5.48. The van der Waals surface area contributed by atoms with Crippen LogP contribution in [0.25, 0.3) is 0 Å². The average Bonchev–Trinajstić information content (AvgIpc) is 3.07. The minimum absolute atomic E-state index is 0.872. The van der Waals surface area contributed by atoms with Gasteiger partial charge in [-0.2, -0.15) is 0 Å². The number of ether oxygens (including phenoxy) is 1. The highest BCUT2D eigenvalue weighted by Crippen LogP contribution is 2.32. The first-order chi connectivity index (χ1) is 10.9. The SMILES string of the molecule is c1ccc(CN2C[C@@H]3CN(CC4CCOCC4)C[C@@H]3C2)nc1. The summed E-state index contributed by atoms with van der Waals surface area (Å²) in [6.45, 7) is 9.40. The van der Waals surface area contributed by atoms with E-state index in [1.54, 1.807) is 0 Å². The van der Waals surface area contributed by atoms with Crippen LogP contribution in [0.5, 0.6) is 0 Å². The van der Waals surface area contributed by atoms with Gasteiger partial charge in [0.1, 0.15) is 0 Å². The van der Waals surface area contributed by atoms with Crippen LogP contribution in [0.4, 0.5) is 0 Å². The highest BCUT2D eigenvalue weighted by molar-refractivity contribution is 5.04. The van der Waals surface area contributed by atoms with E-state index in [1.165, 1.54) is 51.3 Å². The fourth-order valence-corrected chi connectivity index (χ4v) is 4.48. The molecule has 0 saturated carbocycles. The van der Waals surface area contributed by atoms with Crippen molar-refractivity contribution in [2.24, 2.45) is 17.8 Å². The molecular weight excluding hydrogens is 274 g/mol. The fourth-order valence-electron chi connectivity index (χ4n) is 4.48. The number of pyridine rings is 1. The third-order valence-corrected chi connectivity index (χ3v) is 5.61. The summed E-state index contributed by atoms with van der Waals surface area (Å²) in [4.78, 5) is 9.79. The molecule has 3 fully saturated rings. The van der Waals surface area contributed by atoms with Crippen LogP contribution in [0, 0.1) is 17.8 Å². The van der Waals surface area contributed by atoms with Gasteiger partial charge in [-0.3, -0.25) is 9.88 Å². The topological polar surface area (TPSA) is 28.6 Å². The maximum Gasteiger partial charge on any atom is 0.0543 e. The number of fused-ring (bicyclic) bond motifs is 1. The van der Waals surface area contributed by atoms with E-state index in [4.69, 9.17) is 4.74 Å². The fraction of sp³-hybridized carbons (Fsp3) is 0.722. The Bertz CT molecular complexity index is 460. The number of rotatable bonds is 4. The van der Waals surface area contributed by atoms with Gasteiger partial charge >= 0.3 is 0 Å². The van der Waals surface area contributed by atoms with Crippen LogP contribution in [-0.4, -0.2) is 60.7 Å². The van der Waals surface area contributed by atoms with Crippen molar-refractivity contribution in [3.63, 3.8) is 0 Å². The van der Waals surface area contributed by atoms with Gasteiger partial charge in [0.25, 0.3) is 0 Å². The molecule has 0 aromatic carbocycles. The second kappa shape index (κ2) is 6.65. The van der Waals surface area contributed by atoms with Crippen molar-refractivity contribution in [3.8, 4) is 0 Å². The zero-order chi connectivity index (χ0) is 14.8. The zero-order valence-electron chi connectivity index (χ0n) is 13.4. The number of hydrogen-bond acceptors (Lipinski definition) is 4. The van der Waals surface area contributed by atoms with Gasteiger partial charge in [0.15, 0.2) is 0 Å². The van der Waals surface area contributed by atoms with Crippen LogP contribution in [0.2, 0.25) is 0 Å². The molecule has 0 radical (unpaired) electrons. The summed E-state index contributed by atoms with van der Waals surface area (Å²) in [5, 5.41) is 0. The van der Waals surface area contributed by atoms with Crippen LogP contribution >= 0.6 is 0 Å². The van der Waals surface area contributed by atoms with Crippen molar-refractivity contribution >= 4 is 0 Å². The van der Waals surface area contributed by atoms with Crippen LogP contribution in [0.15, 0.2) is 24.4 Å². The van der Waals surface area contributed by atoms with Crippen molar-refractivity contribution in [2.75, 3.05) is 45.9 Å². The normalized spacial score (nSPS) is 30.7. The summed E-state index contributed by atoms with van der Waals surface area (Å²) < 4.78 is 5.48. The lowest BCUT2D eigenvalue weighted by Crippen LogP contribution is -2.34. The summed E-state index contributed by atoms with van der Waals surface area (Å²) in [6.07, 6.45) is 4.43. The molecule has 3 aliphatic rings. The van der Waals surface area contributed by atoms with E-state index < -0.39 is 0 Å². The first-order valence-corrected chi connectivity index (χ1v) is 8.79. The first kappa shape index (κ1) is 14.6. The Labute approximate surface area is 133 Å². The maximum absolute atomic E-state index is 5.48. The molecule has 0 spiro atoms. The van der Waals surface area contributed by atoms with E-state index in [0.29, 0.717) is 0 Å². The lowest BCUT2D eigenvalue weighted by Gasteiger charge is -2.28. The van der Waals surface area contributed by atoms with Crippen molar-refractivity contribution in [3.05, 3.63) is 30.1 Å². The molecule has 4 rings (SSSR count). The second-order valence-electron chi connectivity index (χ2n) is 7.31. The Morgan fingerprint density at radius 3 is 2.41 bits per heavy atom. The summed E-state index contributed by atoms with van der Waals surface area (Å²) in [5.74, 6) is 2.63. The van der Waals surface area contributed by atoms with Gasteiger partial charge < -0.3 is 9.64 Å². The number of nitrogens with zero attached hydrogens (tertiary/aromatic N) is 3. The minimum atomic E-state index is 0.872. The Morgan fingerprint density at radius 1 is 1.00 bits per heavy atom. The van der Waals surface area contributed by atoms with E-state index >= 15 is 0 Å². The smallest absolute Gasteiger partial charge is 0.0543 e. The van der Waals surface area contributed by atoms with Crippen LogP contribution < -0.4 is 0 Å². The van der Waals surface area contributed by atoms with Crippen molar-refractivity contribution in [1.82, 2.24) is 14.8 Å². The van der Waals surface area contributed by atoms with E-state index in [9.17, 15) is 0 Å². The molecule has 0 bridgehead atoms. The molecule has 4 heterocycles. The number of likely N-dealkylation sites (tertiary alicyclic amines) is 2. The molecular formula is C18H27N3O. The highest BCUT2D eigenvalue weighted by atomic mass is 16.5. The largest absolute Gasteiger partial charge is 0.381 e. The van der Waals surface area contributed by atoms with Gasteiger partial charge in [-0.25, -0.2) is 0 Å². The minimum Gasteiger partial charge on any atom is -0.381 e. The third-order valence-electron chi connectivity index (χ3n) is 5.61. The molecule has 4 heteroatoms. The molecule has 0 N–H and O–H groups in total. The lowest BCUT2D eigenvalue weighted by atomic mass is 10.00. The standard InChI is InChI=1S/C18H27N3O/c1-2-6-19-18(3-1)14-21-12-16-10-20(11-17(16)13-21)9-15-4-7-22-8-5-15/h1-3,6,15-17H,4-5,7-14H2/t16-,17+. The van der Waals surface area contributed by atoms with Crippen LogP contribution in [0.3, 0.4) is 0 Å². The Kier molecular flexibility index (Phi) is 4.42. The lowest BCUT2D eigenvalue weighted by molar-refractivity contribution is 0.0541. The molecule has 120 valence electrons. The van der Waals surface area contributed by atoms with Crippen molar-refractivity contribution < 1.29 is 4.74 Å². The molecule has 0 unspecified atom stereocenters. The van der Waals surface area contributed by atoms with Crippen molar-refractivity contribution in [1.29, 1.82) is 0 Å². The van der Waals surface area contributed by atoms with E-state index in [0.717, 1.165) is 37.5 Å². The third kappa shape index (κ3) is 3.34. The Balaban J connectivity index is 1.25. The van der Waals surface area contributed by atoms with Gasteiger partial charge in [0.2, 0.25) is 0 Å². The van der Waals surface area contributed by atoms with Gasteiger partial charge in [0.05, 0.1) is 5.69 Å². The summed E-state index contributed by atoms with van der Waals surface area (Å²) >= 11 is 0. The monoisotopic (exact) mass is 301 g/mol. The van der Waals surface area contributed by atoms with Crippen LogP contribution in [-0.2, 0) is 11.3 Å². The summed E-state index contributed by atoms with van der Waals surface area (Å²) in [6, 6.07) is 6.23. The summed E-state index contributed by atoms with van der Waals surface area (Å²) in [5.41, 5.74) is 1.21. The molecule has 4 nitrogen and oxygen atoms in total. The molecule has 3 saturated heterocycles. The average molecular weight is 301 g/mol. The first-order valence-electron chi connectivity index (χ1n) is 8.79. The predicted molar refractivity (Wildman–Crippen MR) is 86.5 cm³/mol. The Hall–Kier alpha value is -0.970. The molecule has 1 aromatic heterocycles. The van der Waals surface area contributed by atoms with Gasteiger partial charge in [-0.1, -0.05) is 6.07 Å². The molecule has 1 aromatic rings. The number of aromatic nitrogens is 1. The quantitative estimate of drug-likeness (QED) is 0.849. The van der Waals surface area contributed by atoms with Gasteiger partial charge in [-0.15, -0.1) is 0 Å². The van der Waals surface area contributed by atoms with Gasteiger partial charge in [0, 0.05) is 58.7 Å². The highest BCUT2D eigenvalue weighted by Gasteiger charge is 2.40. The van der Waals surface area contributed by atoms with E-state index in [-0.39, 0.29) is 0 Å². The molecule has 2 atom stereocenters. The van der Waals surface area contributed by atoms with E-state index in [2.05, 4.69) is 26.9 Å². The predicted octanol–water partition coefficient (Wildman–Crippen LogP) is 1.87. The molecule has 3 aliphatic heterocycles. The Morgan fingerprint density at radius 2 is 1.73 bits per heavy atom. The van der Waals surface area contributed by atoms with Gasteiger partial charge in [-0.05, 0) is 42.7 Å². The number of hydrogen-bond donors (Lipinski definition) is 0.